The number of amides is 1. The van der Waals surface area contributed by atoms with Gasteiger partial charge in [-0.05, 0) is 48.1 Å². The highest BCUT2D eigenvalue weighted by Gasteiger charge is 2.45. The summed E-state index contributed by atoms with van der Waals surface area (Å²) in [6.45, 7) is 0.167. The van der Waals surface area contributed by atoms with Gasteiger partial charge in [0.25, 0.3) is 0 Å². The van der Waals surface area contributed by atoms with Crippen LogP contribution in [0.5, 0.6) is 17.2 Å². The molecule has 1 aliphatic rings. The first-order valence-corrected chi connectivity index (χ1v) is 9.55. The minimum Gasteiger partial charge on any atom is -0.493 e. The predicted molar refractivity (Wildman–Crippen MR) is 111 cm³/mol. The van der Waals surface area contributed by atoms with Crippen molar-refractivity contribution >= 4 is 12.0 Å². The largest absolute Gasteiger partial charge is 0.493 e. The molecule has 0 saturated heterocycles. The number of carbonyl (C=O) groups is 1. The molecule has 3 rings (SSSR count). The zero-order chi connectivity index (χ0) is 20.9. The van der Waals surface area contributed by atoms with E-state index in [4.69, 9.17) is 14.2 Å². The van der Waals surface area contributed by atoms with Gasteiger partial charge >= 0.3 is 0 Å². The predicted octanol–water partition coefficient (Wildman–Crippen LogP) is 3.14. The van der Waals surface area contributed by atoms with E-state index in [-0.39, 0.29) is 18.4 Å². The second-order valence-corrected chi connectivity index (χ2v) is 7.07. The number of carbonyl (C=O) groups excluding carboxylic acids is 1. The lowest BCUT2D eigenvalue weighted by Crippen LogP contribution is -2.42. The summed E-state index contributed by atoms with van der Waals surface area (Å²) in [6, 6.07) is 13.0. The van der Waals surface area contributed by atoms with Gasteiger partial charge in [0.2, 0.25) is 11.7 Å². The van der Waals surface area contributed by atoms with Crippen LogP contribution in [0, 0.1) is 5.92 Å². The van der Waals surface area contributed by atoms with Crippen LogP contribution in [0.25, 0.3) is 6.08 Å². The maximum atomic E-state index is 12.4. The number of hydrogen-bond acceptors (Lipinski definition) is 5. The Kier molecular flexibility index (Phi) is 6.44. The van der Waals surface area contributed by atoms with Gasteiger partial charge in [0.15, 0.2) is 11.5 Å². The maximum Gasteiger partial charge on any atom is 0.244 e. The standard InChI is InChI=1S/C23H27NO5/c1-27-19-13-16(14-20(28-2)22(19)29-3)9-12-21(25)24-15-23(26,18-10-11-18)17-7-5-4-6-8-17/h4-9,12-14,18,26H,10-11,15H2,1-3H3,(H,24,25)/b12-9+/t23-/m0/s1. The van der Waals surface area contributed by atoms with Crippen LogP contribution in [-0.4, -0.2) is 38.9 Å². The van der Waals surface area contributed by atoms with E-state index in [1.807, 2.05) is 30.3 Å². The van der Waals surface area contributed by atoms with Gasteiger partial charge in [-0.2, -0.15) is 0 Å². The fourth-order valence-corrected chi connectivity index (χ4v) is 3.42. The number of aliphatic hydroxyl groups is 1. The Bertz CT molecular complexity index is 851. The molecule has 1 saturated carbocycles. The van der Waals surface area contributed by atoms with E-state index in [1.165, 1.54) is 13.2 Å². The van der Waals surface area contributed by atoms with Gasteiger partial charge < -0.3 is 24.6 Å². The molecule has 0 aliphatic heterocycles. The first-order chi connectivity index (χ1) is 14.0. The normalized spacial score (nSPS) is 15.6. The van der Waals surface area contributed by atoms with E-state index >= 15 is 0 Å². The van der Waals surface area contributed by atoms with E-state index in [0.717, 1.165) is 24.0 Å². The van der Waals surface area contributed by atoms with Crippen molar-refractivity contribution in [2.45, 2.75) is 18.4 Å². The number of ether oxygens (including phenoxy) is 3. The maximum absolute atomic E-state index is 12.4. The topological polar surface area (TPSA) is 77.0 Å². The van der Waals surface area contributed by atoms with Crippen LogP contribution >= 0.6 is 0 Å². The highest BCUT2D eigenvalue weighted by molar-refractivity contribution is 5.92. The highest BCUT2D eigenvalue weighted by atomic mass is 16.5. The van der Waals surface area contributed by atoms with Gasteiger partial charge in [-0.25, -0.2) is 0 Å². The summed E-state index contributed by atoms with van der Waals surface area (Å²) >= 11 is 0. The molecule has 1 aliphatic carbocycles. The average Bonchev–Trinajstić information content (AvgIpc) is 3.61. The fourth-order valence-electron chi connectivity index (χ4n) is 3.42. The van der Waals surface area contributed by atoms with Gasteiger partial charge in [0.05, 0.1) is 27.9 Å². The minimum absolute atomic E-state index is 0.167. The Morgan fingerprint density at radius 2 is 1.72 bits per heavy atom. The summed E-state index contributed by atoms with van der Waals surface area (Å²) in [5, 5.41) is 14.0. The van der Waals surface area contributed by atoms with Crippen molar-refractivity contribution in [1.29, 1.82) is 0 Å². The van der Waals surface area contributed by atoms with Crippen LogP contribution in [0.2, 0.25) is 0 Å². The van der Waals surface area contributed by atoms with Crippen LogP contribution in [0.15, 0.2) is 48.5 Å². The second-order valence-electron chi connectivity index (χ2n) is 7.07. The molecule has 6 heteroatoms. The molecule has 0 bridgehead atoms. The summed E-state index contributed by atoms with van der Waals surface area (Å²) in [7, 11) is 4.62. The van der Waals surface area contributed by atoms with E-state index in [1.54, 1.807) is 32.4 Å². The van der Waals surface area contributed by atoms with E-state index in [2.05, 4.69) is 5.32 Å². The molecule has 2 N–H and O–H groups in total. The summed E-state index contributed by atoms with van der Waals surface area (Å²) < 4.78 is 16.0. The van der Waals surface area contributed by atoms with E-state index in [0.29, 0.717) is 17.2 Å². The molecule has 0 radical (unpaired) electrons. The van der Waals surface area contributed by atoms with Crippen molar-refractivity contribution in [2.75, 3.05) is 27.9 Å². The molecule has 1 amide bonds. The number of methoxy groups -OCH3 is 3. The quantitative estimate of drug-likeness (QED) is 0.636. The van der Waals surface area contributed by atoms with Gasteiger partial charge in [0.1, 0.15) is 5.60 Å². The summed E-state index contributed by atoms with van der Waals surface area (Å²) in [4.78, 5) is 12.4. The van der Waals surface area contributed by atoms with Crippen LogP contribution in [-0.2, 0) is 10.4 Å². The van der Waals surface area contributed by atoms with Crippen molar-refractivity contribution < 1.29 is 24.1 Å². The molecule has 1 atom stereocenters. The molecule has 0 heterocycles. The van der Waals surface area contributed by atoms with Crippen LogP contribution in [0.4, 0.5) is 0 Å². The zero-order valence-electron chi connectivity index (χ0n) is 17.0. The molecule has 2 aromatic carbocycles. The summed E-state index contributed by atoms with van der Waals surface area (Å²) in [6.07, 6.45) is 5.02. The third-order valence-electron chi connectivity index (χ3n) is 5.17. The average molecular weight is 397 g/mol. The summed E-state index contributed by atoms with van der Waals surface area (Å²) in [5.74, 6) is 1.41. The number of rotatable bonds is 9. The molecule has 29 heavy (non-hydrogen) atoms. The van der Waals surface area contributed by atoms with Crippen LogP contribution < -0.4 is 19.5 Å². The molecule has 2 aromatic rings. The number of benzene rings is 2. The van der Waals surface area contributed by atoms with Gasteiger partial charge in [-0.3, -0.25) is 4.79 Å². The third-order valence-corrected chi connectivity index (χ3v) is 5.17. The Morgan fingerprint density at radius 1 is 1.10 bits per heavy atom. The molecule has 6 nitrogen and oxygen atoms in total. The highest BCUT2D eigenvalue weighted by Crippen LogP contribution is 2.45. The SMILES string of the molecule is COc1cc(/C=C/C(=O)NC[C@](O)(c2ccccc2)C2CC2)cc(OC)c1OC. The monoisotopic (exact) mass is 397 g/mol. The minimum atomic E-state index is -1.04. The lowest BCUT2D eigenvalue weighted by molar-refractivity contribution is -0.118. The van der Waals surface area contributed by atoms with E-state index in [9.17, 15) is 9.90 Å². The molecular weight excluding hydrogens is 370 g/mol. The van der Waals surface area contributed by atoms with Crippen molar-refractivity contribution in [3.63, 3.8) is 0 Å². The van der Waals surface area contributed by atoms with Crippen LogP contribution in [0.3, 0.4) is 0 Å². The van der Waals surface area contributed by atoms with Crippen molar-refractivity contribution in [3.8, 4) is 17.2 Å². The molecule has 0 unspecified atom stereocenters. The van der Waals surface area contributed by atoms with Gasteiger partial charge in [-0.1, -0.05) is 30.3 Å². The Balaban J connectivity index is 1.70. The smallest absolute Gasteiger partial charge is 0.244 e. The second kappa shape index (κ2) is 9.01. The zero-order valence-corrected chi connectivity index (χ0v) is 17.0. The Hall–Kier alpha value is -2.99. The van der Waals surface area contributed by atoms with Crippen molar-refractivity contribution in [2.24, 2.45) is 5.92 Å². The fraction of sp³-hybridized carbons (Fsp3) is 0.348. The third kappa shape index (κ3) is 4.71. The molecule has 0 aromatic heterocycles. The lowest BCUT2D eigenvalue weighted by Gasteiger charge is -2.29. The van der Waals surface area contributed by atoms with Crippen LogP contribution in [0.1, 0.15) is 24.0 Å². The Morgan fingerprint density at radius 3 is 2.24 bits per heavy atom. The summed E-state index contributed by atoms with van der Waals surface area (Å²) in [5.41, 5.74) is 0.517. The molecule has 154 valence electrons. The first-order valence-electron chi connectivity index (χ1n) is 9.55. The number of hydrogen-bond donors (Lipinski definition) is 2. The lowest BCUT2D eigenvalue weighted by atomic mass is 9.88. The van der Waals surface area contributed by atoms with E-state index < -0.39 is 5.60 Å². The Labute approximate surface area is 171 Å². The molecular formula is C23H27NO5. The van der Waals surface area contributed by atoms with Gasteiger partial charge in [0, 0.05) is 6.08 Å². The first kappa shape index (κ1) is 20.7. The molecule has 1 fully saturated rings. The molecule has 0 spiro atoms. The van der Waals surface area contributed by atoms with Crippen molar-refractivity contribution in [1.82, 2.24) is 5.32 Å². The van der Waals surface area contributed by atoms with Crippen molar-refractivity contribution in [3.05, 3.63) is 59.7 Å². The van der Waals surface area contributed by atoms with Gasteiger partial charge in [-0.15, -0.1) is 0 Å². The number of nitrogens with one attached hydrogen (secondary N) is 1.